The fourth-order valence-electron chi connectivity index (χ4n) is 3.81. The number of carbonyl (C=O) groups excluding carboxylic acids is 4. The van der Waals surface area contributed by atoms with E-state index in [1.807, 2.05) is 0 Å². The van der Waals surface area contributed by atoms with Crippen LogP contribution in [0.4, 0.5) is 10.5 Å². The van der Waals surface area contributed by atoms with Crippen molar-refractivity contribution in [2.24, 2.45) is 5.73 Å². The minimum absolute atomic E-state index is 0.114. The summed E-state index contributed by atoms with van der Waals surface area (Å²) in [6, 6.07) is 8.46. The molecule has 11 heteroatoms. The van der Waals surface area contributed by atoms with Crippen molar-refractivity contribution in [3.63, 3.8) is 0 Å². The number of para-hydroxylation sites is 1. The van der Waals surface area contributed by atoms with Gasteiger partial charge in [0.05, 0.1) is 10.7 Å². The fourth-order valence-corrected chi connectivity index (χ4v) is 4.07. The van der Waals surface area contributed by atoms with Gasteiger partial charge in [-0.15, -0.1) is 6.58 Å². The van der Waals surface area contributed by atoms with Crippen LogP contribution in [0.15, 0.2) is 55.1 Å². The number of aryl methyl sites for hydroxylation is 1. The SMILES string of the molecule is C=CCN(C(=O)C(CCC(N)=O)NC(=O)OC(C)(C)C)C(C(=O)Nc1c(C)cccc1Cl)c1cccc(O)c1. The number of ether oxygens (including phenoxy) is 1. The second-order valence-corrected chi connectivity index (χ2v) is 10.3. The standard InChI is InChI=1S/C28H35ClN4O6/c1-6-15-33(26(37)21(13-14-22(30)35)31-27(38)39-28(3,4)5)24(18-10-8-11-19(34)16-18)25(36)32-23-17(2)9-7-12-20(23)29/h6-12,16,21,24,34H,1,13-15H2,2-5H3,(H2,30,35)(H,31,38)(H,32,36). The van der Waals surface area contributed by atoms with E-state index in [9.17, 15) is 24.3 Å². The number of nitrogens with two attached hydrogens (primary N) is 1. The molecule has 0 heterocycles. The lowest BCUT2D eigenvalue weighted by Gasteiger charge is -2.34. The van der Waals surface area contributed by atoms with Crippen molar-refractivity contribution in [2.75, 3.05) is 11.9 Å². The van der Waals surface area contributed by atoms with Crippen LogP contribution in [-0.4, -0.2) is 52.0 Å². The quantitative estimate of drug-likeness (QED) is 0.303. The number of rotatable bonds is 11. The number of halogens is 1. The van der Waals surface area contributed by atoms with Crippen LogP contribution in [0, 0.1) is 6.92 Å². The van der Waals surface area contributed by atoms with E-state index in [1.165, 1.54) is 29.2 Å². The molecule has 0 radical (unpaired) electrons. The number of alkyl carbamates (subject to hydrolysis) is 1. The summed E-state index contributed by atoms with van der Waals surface area (Å²) in [5, 5.41) is 15.7. The van der Waals surface area contributed by atoms with Crippen molar-refractivity contribution in [3.8, 4) is 5.75 Å². The number of aromatic hydroxyl groups is 1. The molecule has 2 aromatic rings. The lowest BCUT2D eigenvalue weighted by molar-refractivity contribution is -0.140. The summed E-state index contributed by atoms with van der Waals surface area (Å²) in [6.07, 6.45) is 0.184. The number of benzene rings is 2. The highest BCUT2D eigenvalue weighted by Crippen LogP contribution is 2.30. The largest absolute Gasteiger partial charge is 0.508 e. The number of nitrogens with zero attached hydrogens (tertiary/aromatic N) is 1. The summed E-state index contributed by atoms with van der Waals surface area (Å²) in [5.74, 6) is -2.12. The Hall–Kier alpha value is -4.05. The highest BCUT2D eigenvalue weighted by atomic mass is 35.5. The number of anilines is 1. The maximum absolute atomic E-state index is 13.9. The summed E-state index contributed by atoms with van der Waals surface area (Å²) < 4.78 is 5.29. The zero-order valence-electron chi connectivity index (χ0n) is 22.5. The first-order valence-corrected chi connectivity index (χ1v) is 12.7. The number of nitrogens with one attached hydrogen (secondary N) is 2. The molecular weight excluding hydrogens is 524 g/mol. The van der Waals surface area contributed by atoms with E-state index in [4.69, 9.17) is 22.1 Å². The molecule has 4 amide bonds. The third-order valence-corrected chi connectivity index (χ3v) is 5.81. The molecule has 0 saturated carbocycles. The molecule has 0 fully saturated rings. The molecule has 10 nitrogen and oxygen atoms in total. The number of hydrogen-bond acceptors (Lipinski definition) is 6. The minimum atomic E-state index is -1.28. The van der Waals surface area contributed by atoms with Crippen molar-refractivity contribution in [1.82, 2.24) is 10.2 Å². The zero-order chi connectivity index (χ0) is 29.3. The average molecular weight is 559 g/mol. The fraction of sp³-hybridized carbons (Fsp3) is 0.357. The molecule has 2 aromatic carbocycles. The van der Waals surface area contributed by atoms with Gasteiger partial charge in [-0.05, 0) is 63.4 Å². The van der Waals surface area contributed by atoms with Crippen molar-refractivity contribution >= 4 is 41.1 Å². The van der Waals surface area contributed by atoms with Gasteiger partial charge in [-0.25, -0.2) is 4.79 Å². The van der Waals surface area contributed by atoms with Crippen LogP contribution in [0.3, 0.4) is 0 Å². The van der Waals surface area contributed by atoms with Crippen LogP contribution in [0.5, 0.6) is 5.75 Å². The van der Waals surface area contributed by atoms with E-state index in [2.05, 4.69) is 17.2 Å². The number of amides is 4. The van der Waals surface area contributed by atoms with Gasteiger partial charge in [0, 0.05) is 13.0 Å². The van der Waals surface area contributed by atoms with Gasteiger partial charge in [0.1, 0.15) is 23.4 Å². The molecule has 210 valence electrons. The molecule has 2 unspecified atom stereocenters. The lowest BCUT2D eigenvalue weighted by Crippen LogP contribution is -2.52. The van der Waals surface area contributed by atoms with Gasteiger partial charge in [-0.3, -0.25) is 14.4 Å². The number of primary amides is 1. The molecule has 5 N–H and O–H groups in total. The van der Waals surface area contributed by atoms with E-state index in [0.29, 0.717) is 21.8 Å². The summed E-state index contributed by atoms with van der Waals surface area (Å²) in [5.41, 5.74) is 5.80. The summed E-state index contributed by atoms with van der Waals surface area (Å²) >= 11 is 6.33. The van der Waals surface area contributed by atoms with Gasteiger partial charge in [0.2, 0.25) is 11.8 Å². The Balaban J connectivity index is 2.55. The Labute approximate surface area is 233 Å². The predicted octanol–water partition coefficient (Wildman–Crippen LogP) is 4.21. The highest BCUT2D eigenvalue weighted by Gasteiger charge is 2.36. The van der Waals surface area contributed by atoms with Gasteiger partial charge in [-0.1, -0.05) is 41.9 Å². The van der Waals surface area contributed by atoms with Crippen molar-refractivity contribution in [1.29, 1.82) is 0 Å². The maximum Gasteiger partial charge on any atom is 0.408 e. The molecule has 0 aromatic heterocycles. The molecule has 0 aliphatic rings. The number of phenols is 1. The van der Waals surface area contributed by atoms with Crippen molar-refractivity contribution in [2.45, 2.75) is 58.2 Å². The number of hydrogen-bond donors (Lipinski definition) is 4. The van der Waals surface area contributed by atoms with Gasteiger partial charge in [0.25, 0.3) is 5.91 Å². The minimum Gasteiger partial charge on any atom is -0.508 e. The number of phenolic OH excluding ortho intramolecular Hbond substituents is 1. The third kappa shape index (κ3) is 9.33. The first kappa shape index (κ1) is 31.2. The van der Waals surface area contributed by atoms with Crippen LogP contribution in [0.1, 0.15) is 50.8 Å². The molecule has 2 atom stereocenters. The third-order valence-electron chi connectivity index (χ3n) is 5.49. The Morgan fingerprint density at radius 1 is 1.18 bits per heavy atom. The van der Waals surface area contributed by atoms with E-state index in [0.717, 1.165) is 0 Å². The van der Waals surface area contributed by atoms with Crippen LogP contribution < -0.4 is 16.4 Å². The van der Waals surface area contributed by atoms with Crippen LogP contribution in [0.2, 0.25) is 5.02 Å². The summed E-state index contributed by atoms with van der Waals surface area (Å²) in [4.78, 5) is 53.0. The Bertz CT molecular complexity index is 1210. The highest BCUT2D eigenvalue weighted by molar-refractivity contribution is 6.34. The maximum atomic E-state index is 13.9. The Morgan fingerprint density at radius 2 is 1.85 bits per heavy atom. The second kappa shape index (κ2) is 13.7. The lowest BCUT2D eigenvalue weighted by atomic mass is 10.0. The van der Waals surface area contributed by atoms with E-state index >= 15 is 0 Å². The van der Waals surface area contributed by atoms with Gasteiger partial charge < -0.3 is 31.1 Å². The predicted molar refractivity (Wildman–Crippen MR) is 149 cm³/mol. The smallest absolute Gasteiger partial charge is 0.408 e. The molecule has 39 heavy (non-hydrogen) atoms. The van der Waals surface area contributed by atoms with Crippen LogP contribution >= 0.6 is 11.6 Å². The topological polar surface area (TPSA) is 151 Å². The van der Waals surface area contributed by atoms with Crippen molar-refractivity contribution in [3.05, 3.63) is 71.3 Å². The first-order chi connectivity index (χ1) is 18.2. The molecular formula is C28H35ClN4O6. The van der Waals surface area contributed by atoms with E-state index in [1.54, 1.807) is 52.0 Å². The van der Waals surface area contributed by atoms with Gasteiger partial charge >= 0.3 is 6.09 Å². The van der Waals surface area contributed by atoms with E-state index in [-0.39, 0.29) is 25.1 Å². The second-order valence-electron chi connectivity index (χ2n) is 9.90. The Morgan fingerprint density at radius 3 is 2.41 bits per heavy atom. The zero-order valence-corrected chi connectivity index (χ0v) is 23.2. The van der Waals surface area contributed by atoms with Gasteiger partial charge in [0.15, 0.2) is 0 Å². The van der Waals surface area contributed by atoms with Gasteiger partial charge in [-0.2, -0.15) is 0 Å². The molecule has 0 saturated heterocycles. The molecule has 0 bridgehead atoms. The monoisotopic (exact) mass is 558 g/mol. The normalized spacial score (nSPS) is 12.5. The summed E-state index contributed by atoms with van der Waals surface area (Å²) in [7, 11) is 0. The van der Waals surface area contributed by atoms with Crippen LogP contribution in [-0.2, 0) is 19.1 Å². The van der Waals surface area contributed by atoms with Crippen molar-refractivity contribution < 1.29 is 29.0 Å². The molecule has 0 spiro atoms. The molecule has 2 rings (SSSR count). The number of carbonyl (C=O) groups is 4. The Kier molecular flexibility index (Phi) is 10.9. The molecule has 0 aliphatic heterocycles. The summed E-state index contributed by atoms with van der Waals surface area (Å²) in [6.45, 7) is 10.3. The molecule has 0 aliphatic carbocycles. The average Bonchev–Trinajstić information content (AvgIpc) is 2.82. The first-order valence-electron chi connectivity index (χ1n) is 12.3. The van der Waals surface area contributed by atoms with E-state index < -0.39 is 41.5 Å². The van der Waals surface area contributed by atoms with Crippen LogP contribution in [0.25, 0.3) is 0 Å².